The van der Waals surface area contributed by atoms with Gasteiger partial charge in [-0.15, -0.1) is 0 Å². The molecule has 7 nitrogen and oxygen atoms in total. The maximum atomic E-state index is 14.7. The molecule has 0 amide bonds. The Morgan fingerprint density at radius 3 is 2.23 bits per heavy atom. The van der Waals surface area contributed by atoms with Gasteiger partial charge < -0.3 is 5.73 Å². The van der Waals surface area contributed by atoms with Crippen molar-refractivity contribution in [1.29, 1.82) is 0 Å². The molecule has 2 aromatic heterocycles. The van der Waals surface area contributed by atoms with E-state index in [0.717, 1.165) is 12.1 Å². The van der Waals surface area contributed by atoms with Crippen LogP contribution in [0.5, 0.6) is 0 Å². The minimum atomic E-state index is -4.77. The van der Waals surface area contributed by atoms with Crippen molar-refractivity contribution in [3.8, 4) is 22.4 Å². The van der Waals surface area contributed by atoms with E-state index in [-0.39, 0.29) is 28.3 Å². The van der Waals surface area contributed by atoms with Crippen LogP contribution in [0.25, 0.3) is 22.4 Å². The molecule has 0 spiro atoms. The molecule has 0 fully saturated rings. The second-order valence-electron chi connectivity index (χ2n) is 6.27. The number of benzene rings is 1. The van der Waals surface area contributed by atoms with Crippen molar-refractivity contribution in [3.05, 3.63) is 54.7 Å². The van der Waals surface area contributed by atoms with Gasteiger partial charge >= 0.3 is 6.18 Å². The van der Waals surface area contributed by atoms with E-state index in [4.69, 9.17) is 5.73 Å². The van der Waals surface area contributed by atoms with Gasteiger partial charge in [-0.3, -0.25) is 4.98 Å². The lowest BCUT2D eigenvalue weighted by molar-refractivity contribution is -0.147. The van der Waals surface area contributed by atoms with Gasteiger partial charge in [0.25, 0.3) is 0 Å². The Bertz CT molecular complexity index is 1170. The Kier molecular flexibility index (Phi) is 5.72. The molecule has 3 aromatic rings. The fraction of sp³-hybridized carbons (Fsp3) is 0.167. The van der Waals surface area contributed by atoms with E-state index in [2.05, 4.69) is 15.0 Å². The standard InChI is InChI=1S/C18H15F4N5O2S/c1-10(18(20,21)22)27-30(28,29)15-5-3-2-4-13(15)11-6-14(19)16(24-7-11)12-8-25-17(23)26-9-12/h2-10,27H,1H3,(H2,23,25,26)/t10-/m0/s1. The van der Waals surface area contributed by atoms with E-state index < -0.39 is 33.0 Å². The number of alkyl halides is 3. The van der Waals surface area contributed by atoms with Crippen molar-refractivity contribution in [2.24, 2.45) is 0 Å². The topological polar surface area (TPSA) is 111 Å². The number of nitrogens with two attached hydrogens (primary N) is 1. The predicted octanol–water partition coefficient (Wildman–Crippen LogP) is 3.16. The number of halogens is 4. The highest BCUT2D eigenvalue weighted by Crippen LogP contribution is 2.31. The maximum Gasteiger partial charge on any atom is 0.404 e. The number of hydrogen-bond donors (Lipinski definition) is 2. The molecule has 0 aliphatic heterocycles. The third-order valence-corrected chi connectivity index (χ3v) is 5.70. The largest absolute Gasteiger partial charge is 0.404 e. The van der Waals surface area contributed by atoms with Crippen LogP contribution in [0.3, 0.4) is 0 Å². The predicted molar refractivity (Wildman–Crippen MR) is 101 cm³/mol. The second-order valence-corrected chi connectivity index (χ2v) is 7.95. The molecule has 0 radical (unpaired) electrons. The number of nitrogens with zero attached hydrogens (tertiary/aromatic N) is 3. The number of aromatic nitrogens is 3. The third-order valence-electron chi connectivity index (χ3n) is 4.10. The fourth-order valence-corrected chi connectivity index (χ4v) is 4.02. The van der Waals surface area contributed by atoms with E-state index in [1.54, 1.807) is 4.72 Å². The van der Waals surface area contributed by atoms with Gasteiger partial charge in [0.1, 0.15) is 17.6 Å². The van der Waals surface area contributed by atoms with E-state index in [9.17, 15) is 26.0 Å². The van der Waals surface area contributed by atoms with Crippen LogP contribution in [0.1, 0.15) is 6.92 Å². The van der Waals surface area contributed by atoms with Crippen molar-refractivity contribution >= 4 is 16.0 Å². The first-order valence-corrected chi connectivity index (χ1v) is 9.89. The Labute approximate surface area is 169 Å². The molecule has 12 heteroatoms. The van der Waals surface area contributed by atoms with Gasteiger partial charge in [0.05, 0.1) is 4.90 Å². The summed E-state index contributed by atoms with van der Waals surface area (Å²) in [6.07, 6.45) is -1.02. The first kappa shape index (κ1) is 21.6. The summed E-state index contributed by atoms with van der Waals surface area (Å²) in [4.78, 5) is 11.1. The van der Waals surface area contributed by atoms with Crippen LogP contribution in [0, 0.1) is 5.82 Å². The molecule has 1 atom stereocenters. The number of anilines is 1. The quantitative estimate of drug-likeness (QED) is 0.589. The molecule has 3 rings (SSSR count). The lowest BCUT2D eigenvalue weighted by Gasteiger charge is -2.18. The van der Waals surface area contributed by atoms with Gasteiger partial charge in [0.15, 0.2) is 0 Å². The molecule has 2 heterocycles. The first-order valence-electron chi connectivity index (χ1n) is 8.41. The zero-order valence-corrected chi connectivity index (χ0v) is 16.2. The summed E-state index contributed by atoms with van der Waals surface area (Å²) in [5.41, 5.74) is 5.60. The number of sulfonamides is 1. The molecule has 0 bridgehead atoms. The van der Waals surface area contributed by atoms with Crippen molar-refractivity contribution in [1.82, 2.24) is 19.7 Å². The molecule has 0 saturated carbocycles. The van der Waals surface area contributed by atoms with E-state index in [1.165, 1.54) is 36.8 Å². The highest BCUT2D eigenvalue weighted by molar-refractivity contribution is 7.89. The zero-order chi connectivity index (χ0) is 22.1. The monoisotopic (exact) mass is 441 g/mol. The van der Waals surface area contributed by atoms with E-state index in [0.29, 0.717) is 6.92 Å². The van der Waals surface area contributed by atoms with Crippen LogP contribution in [0.2, 0.25) is 0 Å². The molecule has 158 valence electrons. The van der Waals surface area contributed by atoms with Crippen LogP contribution in [0.4, 0.5) is 23.5 Å². The molecule has 30 heavy (non-hydrogen) atoms. The smallest absolute Gasteiger partial charge is 0.368 e. The summed E-state index contributed by atoms with van der Waals surface area (Å²) in [6, 6.07) is 4.01. The maximum absolute atomic E-state index is 14.7. The number of nitrogen functional groups attached to an aromatic ring is 1. The Balaban J connectivity index is 2.02. The Morgan fingerprint density at radius 1 is 1.03 bits per heavy atom. The summed E-state index contributed by atoms with van der Waals surface area (Å²) in [7, 11) is -4.56. The van der Waals surface area contributed by atoms with Crippen molar-refractivity contribution in [3.63, 3.8) is 0 Å². The second kappa shape index (κ2) is 7.95. The number of nitrogens with one attached hydrogen (secondary N) is 1. The summed E-state index contributed by atoms with van der Waals surface area (Å²) in [6.45, 7) is 0.685. The molecule has 0 aliphatic rings. The minimum absolute atomic E-state index is 0.00417. The molecule has 3 N–H and O–H groups in total. The van der Waals surface area contributed by atoms with Crippen LogP contribution >= 0.6 is 0 Å². The lowest BCUT2D eigenvalue weighted by atomic mass is 10.1. The van der Waals surface area contributed by atoms with E-state index >= 15 is 0 Å². The van der Waals surface area contributed by atoms with Crippen molar-refractivity contribution in [2.45, 2.75) is 24.0 Å². The van der Waals surface area contributed by atoms with Gasteiger partial charge in [-0.25, -0.2) is 22.8 Å². The molecular weight excluding hydrogens is 426 g/mol. The molecule has 0 aliphatic carbocycles. The first-order chi connectivity index (χ1) is 14.0. The number of rotatable bonds is 5. The van der Waals surface area contributed by atoms with Crippen LogP contribution in [-0.2, 0) is 10.0 Å². The summed E-state index contributed by atoms with van der Waals surface area (Å²) >= 11 is 0. The van der Waals surface area contributed by atoms with Crippen LogP contribution in [-0.4, -0.2) is 35.6 Å². The van der Waals surface area contributed by atoms with Crippen molar-refractivity contribution in [2.75, 3.05) is 5.73 Å². The van der Waals surface area contributed by atoms with Gasteiger partial charge in [-0.05, 0) is 19.1 Å². The molecule has 1 aromatic carbocycles. The average Bonchev–Trinajstić information content (AvgIpc) is 2.68. The normalized spacial score (nSPS) is 13.2. The summed E-state index contributed by atoms with van der Waals surface area (Å²) < 4.78 is 79.7. The summed E-state index contributed by atoms with van der Waals surface area (Å²) in [5.74, 6) is -0.805. The zero-order valence-electron chi connectivity index (χ0n) is 15.4. The highest BCUT2D eigenvalue weighted by atomic mass is 32.2. The van der Waals surface area contributed by atoms with Crippen molar-refractivity contribution < 1.29 is 26.0 Å². The van der Waals surface area contributed by atoms with Gasteiger partial charge in [-0.2, -0.15) is 17.9 Å². The third kappa shape index (κ3) is 4.54. The highest BCUT2D eigenvalue weighted by Gasteiger charge is 2.39. The van der Waals surface area contributed by atoms with Gasteiger partial charge in [-0.1, -0.05) is 18.2 Å². The SMILES string of the molecule is C[C@H](NS(=O)(=O)c1ccccc1-c1cnc(-c2cnc(N)nc2)c(F)c1)C(F)(F)F. The fourth-order valence-electron chi connectivity index (χ4n) is 2.56. The lowest BCUT2D eigenvalue weighted by Crippen LogP contribution is -2.43. The molecule has 0 saturated heterocycles. The summed E-state index contributed by atoms with van der Waals surface area (Å²) in [5, 5.41) is 0. The Hall–Kier alpha value is -3.12. The Morgan fingerprint density at radius 2 is 1.63 bits per heavy atom. The van der Waals surface area contributed by atoms with Crippen LogP contribution < -0.4 is 10.5 Å². The van der Waals surface area contributed by atoms with Crippen LogP contribution in [0.15, 0.2) is 53.8 Å². The minimum Gasteiger partial charge on any atom is -0.368 e. The molecular formula is C18H15F4N5O2S. The molecule has 0 unspecified atom stereocenters. The number of hydrogen-bond acceptors (Lipinski definition) is 6. The number of pyridine rings is 1. The van der Waals surface area contributed by atoms with Gasteiger partial charge in [0, 0.05) is 35.3 Å². The van der Waals surface area contributed by atoms with E-state index in [1.807, 2.05) is 0 Å². The van der Waals surface area contributed by atoms with Gasteiger partial charge in [0.2, 0.25) is 16.0 Å². The average molecular weight is 441 g/mol.